The van der Waals surface area contributed by atoms with Gasteiger partial charge in [-0.1, -0.05) is 31.2 Å². The van der Waals surface area contributed by atoms with Gasteiger partial charge in [0.05, 0.1) is 10.9 Å². The Morgan fingerprint density at radius 2 is 1.72 bits per heavy atom. The summed E-state index contributed by atoms with van der Waals surface area (Å²) in [7, 11) is -3.60. The fraction of sp³-hybridized carbons (Fsp3) is 0.500. The lowest BCUT2D eigenvalue weighted by Gasteiger charge is -2.29. The highest BCUT2D eigenvalue weighted by molar-refractivity contribution is 7.89. The molecule has 4 rings (SSSR count). The summed E-state index contributed by atoms with van der Waals surface area (Å²) in [5.74, 6) is 0.308. The van der Waals surface area contributed by atoms with Gasteiger partial charge in [0.1, 0.15) is 0 Å². The molecule has 6 heteroatoms. The van der Waals surface area contributed by atoms with Crippen molar-refractivity contribution in [3.63, 3.8) is 0 Å². The van der Waals surface area contributed by atoms with E-state index in [0.29, 0.717) is 24.6 Å². The maximum absolute atomic E-state index is 13.2. The Bertz CT molecular complexity index is 1100. The topological polar surface area (TPSA) is 66.5 Å². The summed E-state index contributed by atoms with van der Waals surface area (Å²) in [5.41, 5.74) is 5.07. The maximum Gasteiger partial charge on any atom is 0.252 e. The largest absolute Gasteiger partial charge is 0.346 e. The number of nitrogens with zero attached hydrogens (tertiary/aromatic N) is 1. The second-order valence-corrected chi connectivity index (χ2v) is 11.4. The third-order valence-electron chi connectivity index (χ3n) is 7.05. The van der Waals surface area contributed by atoms with Gasteiger partial charge in [-0.15, -0.1) is 0 Å². The lowest BCUT2D eigenvalue weighted by Crippen LogP contribution is -2.38. The number of amides is 1. The van der Waals surface area contributed by atoms with Crippen LogP contribution in [0.15, 0.2) is 41.3 Å². The van der Waals surface area contributed by atoms with Crippen molar-refractivity contribution in [2.75, 3.05) is 13.1 Å². The van der Waals surface area contributed by atoms with Crippen LogP contribution in [0.5, 0.6) is 0 Å². The van der Waals surface area contributed by atoms with Crippen molar-refractivity contribution in [1.29, 1.82) is 0 Å². The van der Waals surface area contributed by atoms with Gasteiger partial charge in [-0.05, 0) is 92.7 Å². The standard InChI is InChI=1S/C26H34N2O3S/c1-18-12-14-28(15-13-18)32(30,31)24-11-8-19(2)25(17-24)26(29)27-20(3)22-10-9-21-6-4-5-7-23(21)16-22/h8-11,16-18,20H,4-7,12-15H2,1-3H3,(H,27,29)/t20-/m0/s1. The van der Waals surface area contributed by atoms with E-state index in [2.05, 4.69) is 30.4 Å². The fourth-order valence-electron chi connectivity index (χ4n) is 4.76. The minimum absolute atomic E-state index is 0.155. The number of sulfonamides is 1. The third-order valence-corrected chi connectivity index (χ3v) is 8.95. The minimum atomic E-state index is -3.60. The van der Waals surface area contributed by atoms with Crippen molar-refractivity contribution in [1.82, 2.24) is 9.62 Å². The van der Waals surface area contributed by atoms with E-state index in [0.717, 1.165) is 36.8 Å². The molecule has 2 aliphatic rings. The SMILES string of the molecule is Cc1ccc(S(=O)(=O)N2CCC(C)CC2)cc1C(=O)N[C@@H](C)c1ccc2c(c1)CCCC2. The van der Waals surface area contributed by atoms with E-state index in [1.807, 2.05) is 13.8 Å². The Hall–Kier alpha value is -2.18. The number of aryl methyl sites for hydroxylation is 3. The van der Waals surface area contributed by atoms with Gasteiger partial charge < -0.3 is 5.32 Å². The molecule has 5 nitrogen and oxygen atoms in total. The van der Waals surface area contributed by atoms with E-state index in [-0.39, 0.29) is 16.8 Å². The monoisotopic (exact) mass is 454 g/mol. The first-order valence-corrected chi connectivity index (χ1v) is 13.2. The summed E-state index contributed by atoms with van der Waals surface area (Å²) in [5, 5.41) is 3.08. The molecular weight excluding hydrogens is 420 g/mol. The van der Waals surface area contributed by atoms with Crippen molar-refractivity contribution in [3.8, 4) is 0 Å². The Kier molecular flexibility index (Phi) is 6.72. The summed E-state index contributed by atoms with van der Waals surface area (Å²) in [6, 6.07) is 11.2. The molecule has 1 heterocycles. The van der Waals surface area contributed by atoms with Crippen LogP contribution in [0.25, 0.3) is 0 Å². The first-order chi connectivity index (χ1) is 15.3. The van der Waals surface area contributed by atoms with E-state index in [1.54, 1.807) is 16.4 Å². The molecule has 1 saturated heterocycles. The number of rotatable bonds is 5. The first kappa shape index (κ1) is 23.0. The number of fused-ring (bicyclic) bond motifs is 1. The molecule has 0 unspecified atom stereocenters. The molecule has 1 aliphatic carbocycles. The molecule has 1 fully saturated rings. The van der Waals surface area contributed by atoms with Crippen LogP contribution in [0.3, 0.4) is 0 Å². The normalized spacial score (nSPS) is 18.7. The van der Waals surface area contributed by atoms with Crippen molar-refractivity contribution in [2.24, 2.45) is 5.92 Å². The van der Waals surface area contributed by atoms with E-state index < -0.39 is 10.0 Å². The molecule has 0 bridgehead atoms. The number of piperidine rings is 1. The van der Waals surface area contributed by atoms with E-state index in [1.165, 1.54) is 30.0 Å². The Morgan fingerprint density at radius 3 is 2.44 bits per heavy atom. The van der Waals surface area contributed by atoms with Crippen molar-refractivity contribution in [3.05, 3.63) is 64.2 Å². The highest BCUT2D eigenvalue weighted by Gasteiger charge is 2.29. The van der Waals surface area contributed by atoms with Gasteiger partial charge in [0.25, 0.3) is 5.91 Å². The molecule has 172 valence electrons. The highest BCUT2D eigenvalue weighted by Crippen LogP contribution is 2.27. The van der Waals surface area contributed by atoms with Crippen molar-refractivity contribution < 1.29 is 13.2 Å². The Balaban J connectivity index is 1.52. The predicted octanol–water partition coefficient (Wildman–Crippen LogP) is 4.79. The maximum atomic E-state index is 13.2. The van der Waals surface area contributed by atoms with Crippen LogP contribution in [-0.2, 0) is 22.9 Å². The van der Waals surface area contributed by atoms with Crippen LogP contribution in [0, 0.1) is 12.8 Å². The number of nitrogens with one attached hydrogen (secondary N) is 1. The third kappa shape index (κ3) is 4.76. The van der Waals surface area contributed by atoms with Gasteiger partial charge in [0, 0.05) is 18.7 Å². The van der Waals surface area contributed by atoms with Gasteiger partial charge in [-0.25, -0.2) is 8.42 Å². The summed E-state index contributed by atoms with van der Waals surface area (Å²) in [6.07, 6.45) is 6.43. The first-order valence-electron chi connectivity index (χ1n) is 11.8. The Morgan fingerprint density at radius 1 is 1.03 bits per heavy atom. The molecule has 2 aromatic rings. The molecule has 2 aromatic carbocycles. The zero-order chi connectivity index (χ0) is 22.9. The zero-order valence-corrected chi connectivity index (χ0v) is 20.2. The summed E-state index contributed by atoms with van der Waals surface area (Å²) in [6.45, 7) is 7.05. The van der Waals surface area contributed by atoms with Gasteiger partial charge in [-0.2, -0.15) is 4.31 Å². The fourth-order valence-corrected chi connectivity index (χ4v) is 6.26. The van der Waals surface area contributed by atoms with Crippen LogP contribution in [0.4, 0.5) is 0 Å². The molecule has 1 atom stereocenters. The number of carbonyl (C=O) groups excluding carboxylic acids is 1. The summed E-state index contributed by atoms with van der Waals surface area (Å²) in [4.78, 5) is 13.3. The zero-order valence-electron chi connectivity index (χ0n) is 19.4. The quantitative estimate of drug-likeness (QED) is 0.707. The average Bonchev–Trinajstić information content (AvgIpc) is 2.79. The lowest BCUT2D eigenvalue weighted by atomic mass is 9.89. The smallest absolute Gasteiger partial charge is 0.252 e. The molecule has 1 amide bonds. The van der Waals surface area contributed by atoms with Gasteiger partial charge in [-0.3, -0.25) is 4.79 Å². The van der Waals surface area contributed by atoms with Crippen LogP contribution >= 0.6 is 0 Å². The van der Waals surface area contributed by atoms with E-state index in [9.17, 15) is 13.2 Å². The lowest BCUT2D eigenvalue weighted by molar-refractivity contribution is 0.0939. The van der Waals surface area contributed by atoms with Crippen LogP contribution in [0.2, 0.25) is 0 Å². The molecular formula is C26H34N2O3S. The molecule has 32 heavy (non-hydrogen) atoms. The second-order valence-electron chi connectivity index (χ2n) is 9.49. The number of hydrogen-bond acceptors (Lipinski definition) is 3. The molecule has 1 N–H and O–H groups in total. The molecule has 0 radical (unpaired) electrons. The van der Waals surface area contributed by atoms with Crippen molar-refractivity contribution >= 4 is 15.9 Å². The van der Waals surface area contributed by atoms with Crippen LogP contribution in [0.1, 0.15) is 78.2 Å². The van der Waals surface area contributed by atoms with Gasteiger partial charge in [0.2, 0.25) is 10.0 Å². The average molecular weight is 455 g/mol. The number of benzene rings is 2. The number of hydrogen-bond donors (Lipinski definition) is 1. The molecule has 0 spiro atoms. The molecule has 0 aromatic heterocycles. The highest BCUT2D eigenvalue weighted by atomic mass is 32.2. The Labute approximate surface area is 192 Å². The second kappa shape index (κ2) is 9.36. The summed E-state index contributed by atoms with van der Waals surface area (Å²) >= 11 is 0. The number of carbonyl (C=O) groups is 1. The van der Waals surface area contributed by atoms with Crippen LogP contribution in [-0.4, -0.2) is 31.7 Å². The van der Waals surface area contributed by atoms with Gasteiger partial charge >= 0.3 is 0 Å². The molecule has 1 aliphatic heterocycles. The molecule has 0 saturated carbocycles. The summed E-state index contributed by atoms with van der Waals surface area (Å²) < 4.78 is 27.9. The van der Waals surface area contributed by atoms with E-state index >= 15 is 0 Å². The minimum Gasteiger partial charge on any atom is -0.346 e. The predicted molar refractivity (Wildman–Crippen MR) is 127 cm³/mol. The van der Waals surface area contributed by atoms with Crippen molar-refractivity contribution in [2.45, 2.75) is 70.2 Å². The van der Waals surface area contributed by atoms with Gasteiger partial charge in [0.15, 0.2) is 0 Å². The van der Waals surface area contributed by atoms with Crippen LogP contribution < -0.4 is 5.32 Å². The van der Waals surface area contributed by atoms with E-state index in [4.69, 9.17) is 0 Å².